The van der Waals surface area contributed by atoms with Crippen molar-refractivity contribution in [2.75, 3.05) is 14.2 Å². The molecule has 0 aromatic carbocycles. The lowest BCUT2D eigenvalue weighted by atomic mass is 9.45. The molecular weight excluding hydrogens is 346 g/mol. The molecule has 0 saturated heterocycles. The average molecular weight is 390 g/mol. The highest BCUT2D eigenvalue weighted by molar-refractivity contribution is 5.74. The summed E-state index contributed by atoms with van der Waals surface area (Å²) in [5.41, 5.74) is 1.19. The first-order chi connectivity index (χ1) is 13.4. The Bertz CT molecular complexity index is 577. The molecule has 4 aliphatic rings. The van der Waals surface area contributed by atoms with Crippen LogP contribution >= 0.6 is 0 Å². The second-order valence-corrected chi connectivity index (χ2v) is 11.2. The van der Waals surface area contributed by atoms with Gasteiger partial charge in [-0.3, -0.25) is 9.63 Å². The second-order valence-electron chi connectivity index (χ2n) is 11.2. The van der Waals surface area contributed by atoms with Gasteiger partial charge in [0.05, 0.1) is 7.11 Å². The van der Waals surface area contributed by atoms with Crippen LogP contribution in [0.15, 0.2) is 0 Å². The maximum atomic E-state index is 12.1. The normalized spacial score (nSPS) is 45.1. The van der Waals surface area contributed by atoms with Crippen molar-refractivity contribution in [1.82, 2.24) is 5.06 Å². The van der Waals surface area contributed by atoms with E-state index in [0.29, 0.717) is 17.3 Å². The number of fused-ring (bicyclic) bond motifs is 5. The molecule has 0 radical (unpaired) electrons. The van der Waals surface area contributed by atoms with Gasteiger partial charge in [-0.15, -0.1) is 0 Å². The highest BCUT2D eigenvalue weighted by Gasteiger charge is 2.59. The molecule has 0 aliphatic heterocycles. The molecule has 7 atom stereocenters. The van der Waals surface area contributed by atoms with E-state index in [2.05, 4.69) is 13.8 Å². The number of hydrogen-bond acceptors (Lipinski definition) is 2. The molecular formula is C25H43NO2. The first-order valence-electron chi connectivity index (χ1n) is 12.2. The van der Waals surface area contributed by atoms with Crippen molar-refractivity contribution in [2.45, 2.75) is 97.3 Å². The van der Waals surface area contributed by atoms with Crippen molar-refractivity contribution in [2.24, 2.45) is 40.4 Å². The fraction of sp³-hybridized carbons (Fsp3) is 0.960. The molecule has 0 bridgehead atoms. The van der Waals surface area contributed by atoms with Gasteiger partial charge in [0, 0.05) is 13.5 Å². The predicted molar refractivity (Wildman–Crippen MR) is 113 cm³/mol. The monoisotopic (exact) mass is 389 g/mol. The van der Waals surface area contributed by atoms with Crippen LogP contribution in [0.4, 0.5) is 0 Å². The van der Waals surface area contributed by atoms with E-state index in [1.165, 1.54) is 75.7 Å². The molecule has 0 heterocycles. The molecule has 28 heavy (non-hydrogen) atoms. The zero-order valence-corrected chi connectivity index (χ0v) is 18.8. The van der Waals surface area contributed by atoms with Crippen LogP contribution in [0.1, 0.15) is 97.3 Å². The average Bonchev–Trinajstić information content (AvgIpc) is 3.03. The van der Waals surface area contributed by atoms with Crippen LogP contribution in [0.25, 0.3) is 0 Å². The third-order valence-electron chi connectivity index (χ3n) is 10.3. The standard InChI is InChI=1S/C25H43NO2/c1-24-16-6-5-8-18(24)11-13-20-21-14-12-19(25(21,2)17-15-22(20)24)9-7-10-23(27)26(3)28-4/h18-22H,5-17H2,1-4H3. The smallest absolute Gasteiger partial charge is 0.245 e. The molecule has 4 saturated carbocycles. The minimum absolute atomic E-state index is 0.120. The lowest BCUT2D eigenvalue weighted by Crippen LogP contribution is -2.52. The summed E-state index contributed by atoms with van der Waals surface area (Å²) in [6.07, 6.45) is 17.6. The van der Waals surface area contributed by atoms with Crippen LogP contribution in [0.2, 0.25) is 0 Å². The number of hydrogen-bond donors (Lipinski definition) is 0. The van der Waals surface area contributed by atoms with Gasteiger partial charge in [0.25, 0.3) is 0 Å². The van der Waals surface area contributed by atoms with E-state index in [4.69, 9.17) is 4.84 Å². The maximum Gasteiger partial charge on any atom is 0.245 e. The van der Waals surface area contributed by atoms with Crippen LogP contribution in [0.5, 0.6) is 0 Å². The molecule has 0 aromatic heterocycles. The molecule has 0 spiro atoms. The summed E-state index contributed by atoms with van der Waals surface area (Å²) < 4.78 is 0. The van der Waals surface area contributed by atoms with Gasteiger partial charge in [-0.25, -0.2) is 5.06 Å². The summed E-state index contributed by atoms with van der Waals surface area (Å²) >= 11 is 0. The van der Waals surface area contributed by atoms with E-state index < -0.39 is 0 Å². The van der Waals surface area contributed by atoms with Crippen LogP contribution in [-0.2, 0) is 9.63 Å². The second kappa shape index (κ2) is 7.93. The first-order valence-corrected chi connectivity index (χ1v) is 12.2. The Morgan fingerprint density at radius 3 is 2.54 bits per heavy atom. The summed E-state index contributed by atoms with van der Waals surface area (Å²) in [4.78, 5) is 17.1. The van der Waals surface area contributed by atoms with E-state index in [0.717, 1.165) is 36.0 Å². The Morgan fingerprint density at radius 2 is 1.75 bits per heavy atom. The van der Waals surface area contributed by atoms with Crippen molar-refractivity contribution >= 4 is 5.91 Å². The van der Waals surface area contributed by atoms with Gasteiger partial charge >= 0.3 is 0 Å². The Hall–Kier alpha value is -0.570. The molecule has 4 fully saturated rings. The van der Waals surface area contributed by atoms with E-state index in [9.17, 15) is 4.79 Å². The van der Waals surface area contributed by atoms with Crippen LogP contribution in [0, 0.1) is 40.4 Å². The van der Waals surface area contributed by atoms with Crippen LogP contribution in [-0.4, -0.2) is 25.1 Å². The van der Waals surface area contributed by atoms with Gasteiger partial charge in [0.2, 0.25) is 5.91 Å². The maximum absolute atomic E-state index is 12.1. The Labute approximate surface area is 172 Å². The molecule has 160 valence electrons. The van der Waals surface area contributed by atoms with Crippen molar-refractivity contribution in [1.29, 1.82) is 0 Å². The highest BCUT2D eigenvalue weighted by atomic mass is 16.7. The largest absolute Gasteiger partial charge is 0.275 e. The highest BCUT2D eigenvalue weighted by Crippen LogP contribution is 2.67. The number of nitrogens with zero attached hydrogens (tertiary/aromatic N) is 1. The van der Waals surface area contributed by atoms with Gasteiger partial charge in [0.1, 0.15) is 0 Å². The molecule has 3 heteroatoms. The zero-order valence-electron chi connectivity index (χ0n) is 18.8. The van der Waals surface area contributed by atoms with E-state index in [1.807, 2.05) is 0 Å². The summed E-state index contributed by atoms with van der Waals surface area (Å²) in [6.45, 7) is 5.31. The number of hydroxylamine groups is 2. The third-order valence-corrected chi connectivity index (χ3v) is 10.3. The Kier molecular flexibility index (Phi) is 5.86. The molecule has 3 nitrogen and oxygen atoms in total. The van der Waals surface area contributed by atoms with Gasteiger partial charge < -0.3 is 0 Å². The molecule has 7 unspecified atom stereocenters. The predicted octanol–water partition coefficient (Wildman–Crippen LogP) is 6.23. The van der Waals surface area contributed by atoms with Crippen molar-refractivity contribution in [3.8, 4) is 0 Å². The fourth-order valence-electron chi connectivity index (χ4n) is 8.64. The summed E-state index contributed by atoms with van der Waals surface area (Å²) in [7, 11) is 3.29. The van der Waals surface area contributed by atoms with E-state index in [1.54, 1.807) is 14.2 Å². The first kappa shape index (κ1) is 20.7. The van der Waals surface area contributed by atoms with Gasteiger partial charge in [-0.05, 0) is 105 Å². The molecule has 0 N–H and O–H groups in total. The third kappa shape index (κ3) is 3.34. The fourth-order valence-corrected chi connectivity index (χ4v) is 8.64. The topological polar surface area (TPSA) is 29.5 Å². The summed E-state index contributed by atoms with van der Waals surface area (Å²) in [5.74, 6) is 4.91. The van der Waals surface area contributed by atoms with Crippen molar-refractivity contribution in [3.63, 3.8) is 0 Å². The van der Waals surface area contributed by atoms with E-state index >= 15 is 0 Å². The number of amides is 1. The summed E-state index contributed by atoms with van der Waals surface area (Å²) in [6, 6.07) is 0. The molecule has 4 aliphatic carbocycles. The minimum atomic E-state index is 0.120. The van der Waals surface area contributed by atoms with Gasteiger partial charge in [-0.1, -0.05) is 26.7 Å². The minimum Gasteiger partial charge on any atom is -0.275 e. The lowest BCUT2D eigenvalue weighted by Gasteiger charge is -2.60. The van der Waals surface area contributed by atoms with Crippen molar-refractivity contribution in [3.05, 3.63) is 0 Å². The molecule has 4 rings (SSSR count). The number of carbonyl (C=O) groups excluding carboxylic acids is 1. The van der Waals surface area contributed by atoms with Gasteiger partial charge in [-0.2, -0.15) is 0 Å². The molecule has 0 aromatic rings. The van der Waals surface area contributed by atoms with Crippen molar-refractivity contribution < 1.29 is 9.63 Å². The molecule has 1 amide bonds. The number of carbonyl (C=O) groups is 1. The van der Waals surface area contributed by atoms with Gasteiger partial charge in [0.15, 0.2) is 0 Å². The quantitative estimate of drug-likeness (QED) is 0.522. The van der Waals surface area contributed by atoms with Crippen LogP contribution < -0.4 is 0 Å². The Balaban J connectivity index is 1.40. The lowest BCUT2D eigenvalue weighted by molar-refractivity contribution is -0.168. The SMILES string of the molecule is CON(C)C(=O)CCCC1CCC2C3CCC4CCCCC4(C)C3CCC12C. The summed E-state index contributed by atoms with van der Waals surface area (Å²) in [5, 5.41) is 1.38. The zero-order chi connectivity index (χ0) is 19.9. The van der Waals surface area contributed by atoms with Crippen LogP contribution in [0.3, 0.4) is 0 Å². The van der Waals surface area contributed by atoms with E-state index in [-0.39, 0.29) is 5.91 Å². The Morgan fingerprint density at radius 1 is 0.964 bits per heavy atom. The number of rotatable bonds is 5.